The smallest absolute Gasteiger partial charge is 0.337 e. The van der Waals surface area contributed by atoms with E-state index in [1.807, 2.05) is 18.2 Å². The molecule has 0 aliphatic carbocycles. The van der Waals surface area contributed by atoms with Gasteiger partial charge in [-0.25, -0.2) is 4.79 Å². The van der Waals surface area contributed by atoms with Gasteiger partial charge in [0, 0.05) is 0 Å². The molecule has 1 aliphatic heterocycles. The van der Waals surface area contributed by atoms with Crippen molar-refractivity contribution in [3.63, 3.8) is 0 Å². The van der Waals surface area contributed by atoms with Gasteiger partial charge >= 0.3 is 5.97 Å². The van der Waals surface area contributed by atoms with Crippen LogP contribution in [0.15, 0.2) is 18.2 Å². The summed E-state index contributed by atoms with van der Waals surface area (Å²) in [5.41, 5.74) is 0.974. The van der Waals surface area contributed by atoms with Gasteiger partial charge in [-0.3, -0.25) is 0 Å². The van der Waals surface area contributed by atoms with Crippen LogP contribution in [0, 0.1) is 0 Å². The number of benzene rings is 1. The van der Waals surface area contributed by atoms with Crippen LogP contribution in [0.4, 0.5) is 0 Å². The molecule has 0 radical (unpaired) electrons. The topological polar surface area (TPSA) is 90.9 Å². The third-order valence-corrected chi connectivity index (χ3v) is 30.4. The molecule has 2 rings (SSSR count). The highest BCUT2D eigenvalue weighted by atomic mass is 28.4. The first-order valence-corrected chi connectivity index (χ1v) is 30.5. The Labute approximate surface area is 322 Å². The zero-order chi connectivity index (χ0) is 40.7. The van der Waals surface area contributed by atoms with Gasteiger partial charge in [0.1, 0.15) is 18.3 Å². The molecule has 13 heteroatoms. The first-order chi connectivity index (χ1) is 23.1. The van der Waals surface area contributed by atoms with E-state index in [0.717, 1.165) is 5.56 Å². The van der Waals surface area contributed by atoms with E-state index in [1.165, 1.54) is 7.11 Å². The number of hydrogen-bond donors (Lipinski definition) is 0. The number of methoxy groups -OCH3 is 2. The lowest BCUT2D eigenvalue weighted by Crippen LogP contribution is -2.69. The molecule has 52 heavy (non-hydrogen) atoms. The SMILES string of the molecule is COC(=O)[C@H]1O[C@@H](Oc2ccc(CO[Si](C)(C)C(C)(C)C)cc2OC)[C@H](O[Si](C)(C)C(C)(C)C)[C@@H](O[Si](C)(C)C(C)(C)C)[C@H]1O[Si](C)(C)C(C)(C)C. The zero-order valence-corrected chi connectivity index (χ0v) is 41.0. The average molecular weight is 801 g/mol. The molecule has 0 unspecified atom stereocenters. The van der Waals surface area contributed by atoms with Gasteiger partial charge in [-0.15, -0.1) is 0 Å². The zero-order valence-electron chi connectivity index (χ0n) is 37.0. The number of esters is 1. The van der Waals surface area contributed by atoms with E-state index in [-0.39, 0.29) is 20.2 Å². The minimum atomic E-state index is -2.51. The molecule has 1 heterocycles. The summed E-state index contributed by atoms with van der Waals surface area (Å²) >= 11 is 0. The van der Waals surface area contributed by atoms with Crippen LogP contribution >= 0.6 is 0 Å². The highest BCUT2D eigenvalue weighted by molar-refractivity contribution is 6.75. The van der Waals surface area contributed by atoms with Crippen molar-refractivity contribution >= 4 is 39.2 Å². The van der Waals surface area contributed by atoms with Crippen LogP contribution in [0.1, 0.15) is 88.6 Å². The average Bonchev–Trinajstić information content (AvgIpc) is 2.96. The maximum absolute atomic E-state index is 13.8. The summed E-state index contributed by atoms with van der Waals surface area (Å²) in [5.74, 6) is 0.449. The van der Waals surface area contributed by atoms with Crippen molar-refractivity contribution in [3.8, 4) is 11.5 Å². The summed E-state index contributed by atoms with van der Waals surface area (Å²) in [6.45, 7) is 44.6. The molecule has 1 aromatic rings. The van der Waals surface area contributed by atoms with Crippen LogP contribution in [0.3, 0.4) is 0 Å². The van der Waals surface area contributed by atoms with E-state index in [9.17, 15) is 4.79 Å². The van der Waals surface area contributed by atoms with Crippen LogP contribution in [-0.4, -0.2) is 84.2 Å². The first kappa shape index (κ1) is 47.1. The van der Waals surface area contributed by atoms with E-state index < -0.39 is 69.9 Å². The van der Waals surface area contributed by atoms with Crippen LogP contribution in [0.2, 0.25) is 72.5 Å². The fraction of sp³-hybridized carbons (Fsp3) is 0.821. The number of carbonyl (C=O) groups is 1. The molecule has 1 aliphatic rings. The molecule has 1 fully saturated rings. The molecule has 9 nitrogen and oxygen atoms in total. The molecule has 0 N–H and O–H groups in total. The number of ether oxygens (including phenoxy) is 4. The Bertz CT molecular complexity index is 1350. The summed E-state index contributed by atoms with van der Waals surface area (Å²) < 4.78 is 53.2. The van der Waals surface area contributed by atoms with Crippen molar-refractivity contribution in [1.82, 2.24) is 0 Å². The molecule has 0 spiro atoms. The van der Waals surface area contributed by atoms with Crippen LogP contribution < -0.4 is 9.47 Å². The fourth-order valence-corrected chi connectivity index (χ4v) is 9.49. The van der Waals surface area contributed by atoms with Crippen molar-refractivity contribution in [1.29, 1.82) is 0 Å². The normalized spacial score (nSPS) is 23.0. The molecule has 302 valence electrons. The van der Waals surface area contributed by atoms with Gasteiger partial charge in [-0.2, -0.15) is 0 Å². The second kappa shape index (κ2) is 16.2. The van der Waals surface area contributed by atoms with Gasteiger partial charge in [0.2, 0.25) is 6.29 Å². The second-order valence-electron chi connectivity index (χ2n) is 20.6. The maximum atomic E-state index is 13.8. The van der Waals surface area contributed by atoms with Gasteiger partial charge in [0.05, 0.1) is 20.8 Å². The quantitative estimate of drug-likeness (QED) is 0.143. The van der Waals surface area contributed by atoms with Gasteiger partial charge in [0.15, 0.2) is 50.9 Å². The maximum Gasteiger partial charge on any atom is 0.337 e. The minimum Gasteiger partial charge on any atom is -0.493 e. The molecular weight excluding hydrogens is 725 g/mol. The Morgan fingerprint density at radius 2 is 1.04 bits per heavy atom. The minimum absolute atomic E-state index is 0.0863. The predicted octanol–water partition coefficient (Wildman–Crippen LogP) is 10.7. The Hall–Kier alpha value is -1.04. The molecule has 5 atom stereocenters. The highest BCUT2D eigenvalue weighted by Gasteiger charge is 2.59. The monoisotopic (exact) mass is 800 g/mol. The Kier molecular flexibility index (Phi) is 14.7. The largest absolute Gasteiger partial charge is 0.493 e. The van der Waals surface area contributed by atoms with Gasteiger partial charge in [0.25, 0.3) is 0 Å². The van der Waals surface area contributed by atoms with Crippen molar-refractivity contribution < 1.29 is 41.4 Å². The van der Waals surface area contributed by atoms with E-state index in [2.05, 4.69) is 135 Å². The lowest BCUT2D eigenvalue weighted by molar-refractivity contribution is -0.263. The molecule has 0 aromatic heterocycles. The van der Waals surface area contributed by atoms with Crippen molar-refractivity contribution in [2.24, 2.45) is 0 Å². The highest BCUT2D eigenvalue weighted by Crippen LogP contribution is 2.47. The molecular formula is C39H76O9Si4. The Morgan fingerprint density at radius 3 is 1.44 bits per heavy atom. The predicted molar refractivity (Wildman–Crippen MR) is 222 cm³/mol. The van der Waals surface area contributed by atoms with Crippen molar-refractivity contribution in [2.75, 3.05) is 14.2 Å². The lowest BCUT2D eigenvalue weighted by Gasteiger charge is -2.53. The van der Waals surface area contributed by atoms with Crippen molar-refractivity contribution in [3.05, 3.63) is 23.8 Å². The molecule has 1 saturated heterocycles. The molecule has 0 amide bonds. The van der Waals surface area contributed by atoms with E-state index in [4.69, 9.17) is 36.7 Å². The fourth-order valence-electron chi connectivity index (χ4n) is 4.66. The second-order valence-corrected chi connectivity index (χ2v) is 39.7. The van der Waals surface area contributed by atoms with Crippen LogP contribution in [-0.2, 0) is 38.6 Å². The summed E-state index contributed by atoms with van der Waals surface area (Å²) in [4.78, 5) is 13.8. The standard InChI is InChI=1S/C39H76O9Si4/c1-36(2,3)49(15,16)43-26-27-23-24-28(29(25-27)41-13)44-35-33(48-52(21,22)39(10,11)12)31(47-51(19,20)38(7,8)9)30(32(45-35)34(40)42-14)46-50(17,18)37(4,5)6/h23-25,30-33,35H,26H2,1-22H3/t30-,31+,32+,33-,35-/m1/s1. The third kappa shape index (κ3) is 11.0. The molecule has 0 bridgehead atoms. The van der Waals surface area contributed by atoms with Gasteiger partial charge < -0.3 is 36.7 Å². The summed E-state index contributed by atoms with van der Waals surface area (Å²) in [7, 11) is -6.49. The summed E-state index contributed by atoms with van der Waals surface area (Å²) in [6.07, 6.45) is -4.40. The first-order valence-electron chi connectivity index (χ1n) is 18.9. The number of hydrogen-bond acceptors (Lipinski definition) is 9. The Balaban J connectivity index is 2.82. The van der Waals surface area contributed by atoms with E-state index in [1.54, 1.807) is 7.11 Å². The number of carbonyl (C=O) groups excluding carboxylic acids is 1. The lowest BCUT2D eigenvalue weighted by atomic mass is 9.99. The van der Waals surface area contributed by atoms with Gasteiger partial charge in [-0.05, 0) is 90.2 Å². The molecule has 1 aromatic carbocycles. The van der Waals surface area contributed by atoms with E-state index >= 15 is 0 Å². The van der Waals surface area contributed by atoms with Crippen molar-refractivity contribution in [2.45, 2.75) is 193 Å². The molecule has 0 saturated carbocycles. The van der Waals surface area contributed by atoms with Gasteiger partial charge in [-0.1, -0.05) is 89.2 Å². The van der Waals surface area contributed by atoms with Crippen LogP contribution in [0.5, 0.6) is 11.5 Å². The number of rotatable bonds is 13. The van der Waals surface area contributed by atoms with E-state index in [0.29, 0.717) is 18.1 Å². The van der Waals surface area contributed by atoms with Crippen LogP contribution in [0.25, 0.3) is 0 Å². The third-order valence-electron chi connectivity index (χ3n) is 12.5. The summed E-state index contributed by atoms with van der Waals surface area (Å²) in [6, 6.07) is 5.81. The summed E-state index contributed by atoms with van der Waals surface area (Å²) in [5, 5.41) is -0.348. The Morgan fingerprint density at radius 1 is 0.615 bits per heavy atom.